The van der Waals surface area contributed by atoms with Gasteiger partial charge in [0.25, 0.3) is 0 Å². The summed E-state index contributed by atoms with van der Waals surface area (Å²) in [5.41, 5.74) is 2.60. The molecule has 1 saturated heterocycles. The molecule has 0 bridgehead atoms. The standard InChI is InChI=1S/C19H25N3/c1-2-19-18-6-4-3-5-17(18)15(13-20-19)14-21-9-11-22(12-10-21)16-7-8-16/h3-6,13,16H,2,7-12,14H2,1H3. The predicted octanol–water partition coefficient (Wildman–Crippen LogP) is 3.08. The summed E-state index contributed by atoms with van der Waals surface area (Å²) in [7, 11) is 0. The third kappa shape index (κ3) is 2.75. The molecule has 0 amide bonds. The van der Waals surface area contributed by atoms with Crippen LogP contribution in [-0.4, -0.2) is 47.0 Å². The van der Waals surface area contributed by atoms with Crippen molar-refractivity contribution in [2.24, 2.45) is 0 Å². The van der Waals surface area contributed by atoms with Crippen molar-refractivity contribution in [3.8, 4) is 0 Å². The molecule has 3 heteroatoms. The summed E-state index contributed by atoms with van der Waals surface area (Å²) in [6.45, 7) is 8.09. The monoisotopic (exact) mass is 295 g/mol. The van der Waals surface area contributed by atoms with E-state index >= 15 is 0 Å². The van der Waals surface area contributed by atoms with E-state index in [2.05, 4.69) is 47.2 Å². The number of rotatable bonds is 4. The molecule has 2 fully saturated rings. The van der Waals surface area contributed by atoms with E-state index in [1.165, 1.54) is 61.1 Å². The molecule has 1 aliphatic carbocycles. The molecule has 2 aliphatic rings. The van der Waals surface area contributed by atoms with E-state index in [1.807, 2.05) is 0 Å². The van der Waals surface area contributed by atoms with Gasteiger partial charge in [0.1, 0.15) is 0 Å². The van der Waals surface area contributed by atoms with Crippen LogP contribution >= 0.6 is 0 Å². The first-order chi connectivity index (χ1) is 10.8. The van der Waals surface area contributed by atoms with E-state index in [1.54, 1.807) is 0 Å². The zero-order chi connectivity index (χ0) is 14.9. The van der Waals surface area contributed by atoms with Crippen LogP contribution in [-0.2, 0) is 13.0 Å². The number of nitrogens with zero attached hydrogens (tertiary/aromatic N) is 3. The Hall–Kier alpha value is -1.45. The molecule has 1 aromatic carbocycles. The molecule has 0 unspecified atom stereocenters. The Labute approximate surface area is 132 Å². The molecular weight excluding hydrogens is 270 g/mol. The van der Waals surface area contributed by atoms with Gasteiger partial charge in [0, 0.05) is 56.0 Å². The third-order valence-electron chi connectivity index (χ3n) is 5.16. The molecule has 116 valence electrons. The zero-order valence-electron chi connectivity index (χ0n) is 13.5. The van der Waals surface area contributed by atoms with Crippen LogP contribution in [0.3, 0.4) is 0 Å². The molecule has 0 spiro atoms. The molecule has 2 heterocycles. The summed E-state index contributed by atoms with van der Waals surface area (Å²) in [5.74, 6) is 0. The maximum absolute atomic E-state index is 4.71. The van der Waals surface area contributed by atoms with Crippen LogP contribution in [0.2, 0.25) is 0 Å². The van der Waals surface area contributed by atoms with Crippen LogP contribution in [0, 0.1) is 0 Å². The molecule has 0 N–H and O–H groups in total. The van der Waals surface area contributed by atoms with Crippen molar-refractivity contribution >= 4 is 10.8 Å². The maximum atomic E-state index is 4.71. The molecule has 22 heavy (non-hydrogen) atoms. The van der Waals surface area contributed by atoms with Crippen molar-refractivity contribution in [3.63, 3.8) is 0 Å². The lowest BCUT2D eigenvalue weighted by atomic mass is 10.0. The van der Waals surface area contributed by atoms with Gasteiger partial charge in [-0.1, -0.05) is 31.2 Å². The number of hydrogen-bond donors (Lipinski definition) is 0. The normalized spacial score (nSPS) is 20.6. The van der Waals surface area contributed by atoms with E-state index in [4.69, 9.17) is 4.98 Å². The maximum Gasteiger partial charge on any atom is 0.0479 e. The Bertz CT molecular complexity index is 655. The van der Waals surface area contributed by atoms with Gasteiger partial charge in [-0.15, -0.1) is 0 Å². The average Bonchev–Trinajstić information content (AvgIpc) is 3.41. The second-order valence-electron chi connectivity index (χ2n) is 6.67. The van der Waals surface area contributed by atoms with Gasteiger partial charge in [0.2, 0.25) is 0 Å². The lowest BCUT2D eigenvalue weighted by molar-refractivity contribution is 0.122. The van der Waals surface area contributed by atoms with Gasteiger partial charge in [-0.3, -0.25) is 14.8 Å². The molecule has 0 atom stereocenters. The topological polar surface area (TPSA) is 19.4 Å². The number of aryl methyl sites for hydroxylation is 1. The number of fused-ring (bicyclic) bond motifs is 1. The van der Waals surface area contributed by atoms with Crippen molar-refractivity contribution in [2.75, 3.05) is 26.2 Å². The van der Waals surface area contributed by atoms with E-state index in [0.717, 1.165) is 19.0 Å². The number of piperazine rings is 1. The summed E-state index contributed by atoms with van der Waals surface area (Å²) >= 11 is 0. The van der Waals surface area contributed by atoms with Crippen molar-refractivity contribution < 1.29 is 0 Å². The van der Waals surface area contributed by atoms with Crippen LogP contribution in [0.25, 0.3) is 10.8 Å². The van der Waals surface area contributed by atoms with Gasteiger partial charge in [-0.25, -0.2) is 0 Å². The molecular formula is C19H25N3. The Morgan fingerprint density at radius 2 is 1.77 bits per heavy atom. The number of benzene rings is 1. The number of hydrogen-bond acceptors (Lipinski definition) is 3. The van der Waals surface area contributed by atoms with Crippen LogP contribution < -0.4 is 0 Å². The average molecular weight is 295 g/mol. The van der Waals surface area contributed by atoms with Gasteiger partial charge in [-0.05, 0) is 30.2 Å². The number of pyridine rings is 1. The Balaban J connectivity index is 1.52. The Morgan fingerprint density at radius 3 is 2.45 bits per heavy atom. The van der Waals surface area contributed by atoms with Gasteiger partial charge in [-0.2, -0.15) is 0 Å². The summed E-state index contributed by atoms with van der Waals surface area (Å²) in [4.78, 5) is 9.97. The fourth-order valence-electron chi connectivity index (χ4n) is 3.68. The first-order valence-corrected chi connectivity index (χ1v) is 8.67. The summed E-state index contributed by atoms with van der Waals surface area (Å²) in [5, 5.41) is 2.72. The predicted molar refractivity (Wildman–Crippen MR) is 91.0 cm³/mol. The van der Waals surface area contributed by atoms with Crippen LogP contribution in [0.1, 0.15) is 31.0 Å². The lowest BCUT2D eigenvalue weighted by Crippen LogP contribution is -2.46. The summed E-state index contributed by atoms with van der Waals surface area (Å²) in [6, 6.07) is 9.66. The minimum Gasteiger partial charge on any atom is -0.298 e. The lowest BCUT2D eigenvalue weighted by Gasteiger charge is -2.35. The van der Waals surface area contributed by atoms with E-state index in [9.17, 15) is 0 Å². The first kappa shape index (κ1) is 14.2. The molecule has 0 radical (unpaired) electrons. The first-order valence-electron chi connectivity index (χ1n) is 8.67. The van der Waals surface area contributed by atoms with Gasteiger partial charge < -0.3 is 0 Å². The molecule has 1 aliphatic heterocycles. The zero-order valence-corrected chi connectivity index (χ0v) is 13.5. The van der Waals surface area contributed by atoms with Crippen LogP contribution in [0.5, 0.6) is 0 Å². The van der Waals surface area contributed by atoms with Crippen molar-refractivity contribution in [2.45, 2.75) is 38.8 Å². The van der Waals surface area contributed by atoms with E-state index < -0.39 is 0 Å². The molecule has 2 aromatic rings. The van der Waals surface area contributed by atoms with Crippen LogP contribution in [0.4, 0.5) is 0 Å². The van der Waals surface area contributed by atoms with Crippen molar-refractivity contribution in [1.29, 1.82) is 0 Å². The highest BCUT2D eigenvalue weighted by molar-refractivity contribution is 5.87. The van der Waals surface area contributed by atoms with E-state index in [0.29, 0.717) is 0 Å². The van der Waals surface area contributed by atoms with Crippen molar-refractivity contribution in [1.82, 2.24) is 14.8 Å². The minimum atomic E-state index is 0.911. The quantitative estimate of drug-likeness (QED) is 0.864. The highest BCUT2D eigenvalue weighted by Crippen LogP contribution is 2.28. The van der Waals surface area contributed by atoms with Gasteiger partial charge >= 0.3 is 0 Å². The Kier molecular flexibility index (Phi) is 3.85. The van der Waals surface area contributed by atoms with Gasteiger partial charge in [0.15, 0.2) is 0 Å². The second-order valence-corrected chi connectivity index (χ2v) is 6.67. The molecule has 3 nitrogen and oxygen atoms in total. The summed E-state index contributed by atoms with van der Waals surface area (Å²) in [6.07, 6.45) is 5.95. The fraction of sp³-hybridized carbons (Fsp3) is 0.526. The molecule has 1 aromatic heterocycles. The van der Waals surface area contributed by atoms with Crippen molar-refractivity contribution in [3.05, 3.63) is 41.7 Å². The molecule has 1 saturated carbocycles. The largest absolute Gasteiger partial charge is 0.298 e. The Morgan fingerprint density at radius 1 is 1.05 bits per heavy atom. The third-order valence-corrected chi connectivity index (χ3v) is 5.16. The smallest absolute Gasteiger partial charge is 0.0479 e. The minimum absolute atomic E-state index is 0.911. The van der Waals surface area contributed by atoms with E-state index in [-0.39, 0.29) is 0 Å². The highest BCUT2D eigenvalue weighted by atomic mass is 15.3. The van der Waals surface area contributed by atoms with Gasteiger partial charge in [0.05, 0.1) is 0 Å². The fourth-order valence-corrected chi connectivity index (χ4v) is 3.68. The second kappa shape index (κ2) is 5.98. The molecule has 4 rings (SSSR count). The SMILES string of the molecule is CCc1ncc(CN2CCN(C3CC3)CC2)c2ccccc12. The summed E-state index contributed by atoms with van der Waals surface area (Å²) < 4.78 is 0. The van der Waals surface area contributed by atoms with Crippen LogP contribution in [0.15, 0.2) is 30.5 Å². The number of aromatic nitrogens is 1. The highest BCUT2D eigenvalue weighted by Gasteiger charge is 2.31.